The molecule has 31 heavy (non-hydrogen) atoms. The van der Waals surface area contributed by atoms with Crippen LogP contribution in [0.3, 0.4) is 0 Å². The van der Waals surface area contributed by atoms with Crippen LogP contribution in [0.2, 0.25) is 0 Å². The predicted octanol–water partition coefficient (Wildman–Crippen LogP) is 3.75. The molecule has 3 rings (SSSR count). The van der Waals surface area contributed by atoms with Crippen LogP contribution in [0.4, 0.5) is 11.4 Å². The van der Waals surface area contributed by atoms with Crippen molar-refractivity contribution >= 4 is 23.3 Å². The standard InChI is InChI=1S/C21H19N3O7/c1-12-18(23-20(30-12)14-7-5-4-6-8-14)21(26)31-13(2)19(25)22-16-11-15(24(27)28)9-10-17(16)29-3/h4-11,13H,1-3H3,(H,22,25)/t13-/m0/s1. The molecular weight excluding hydrogens is 406 g/mol. The first-order valence-corrected chi connectivity index (χ1v) is 9.17. The van der Waals surface area contributed by atoms with Gasteiger partial charge in [0, 0.05) is 17.7 Å². The largest absolute Gasteiger partial charge is 0.495 e. The molecule has 1 aromatic heterocycles. The molecule has 10 nitrogen and oxygen atoms in total. The number of nitrogens with one attached hydrogen (secondary N) is 1. The van der Waals surface area contributed by atoms with Crippen LogP contribution in [0.1, 0.15) is 23.2 Å². The summed E-state index contributed by atoms with van der Waals surface area (Å²) in [7, 11) is 1.36. The molecular formula is C21H19N3O7. The number of hydrogen-bond acceptors (Lipinski definition) is 8. The summed E-state index contributed by atoms with van der Waals surface area (Å²) in [5.74, 6) is -0.814. The van der Waals surface area contributed by atoms with Crippen LogP contribution in [0.25, 0.3) is 11.5 Å². The summed E-state index contributed by atoms with van der Waals surface area (Å²) in [5.41, 5.74) is 0.487. The minimum absolute atomic E-state index is 0.0496. The van der Waals surface area contributed by atoms with E-state index in [0.29, 0.717) is 5.56 Å². The molecule has 0 saturated heterocycles. The molecule has 0 aliphatic carbocycles. The number of anilines is 1. The lowest BCUT2D eigenvalue weighted by molar-refractivity contribution is -0.384. The highest BCUT2D eigenvalue weighted by Gasteiger charge is 2.25. The van der Waals surface area contributed by atoms with Crippen LogP contribution in [0.5, 0.6) is 5.75 Å². The van der Waals surface area contributed by atoms with Crippen molar-refractivity contribution in [1.29, 1.82) is 0 Å². The highest BCUT2D eigenvalue weighted by atomic mass is 16.6. The Morgan fingerprint density at radius 2 is 1.90 bits per heavy atom. The van der Waals surface area contributed by atoms with E-state index in [9.17, 15) is 19.7 Å². The summed E-state index contributed by atoms with van der Waals surface area (Å²) in [4.78, 5) is 39.5. The fourth-order valence-electron chi connectivity index (χ4n) is 2.70. The van der Waals surface area contributed by atoms with E-state index in [1.807, 2.05) is 18.2 Å². The second kappa shape index (κ2) is 9.08. The van der Waals surface area contributed by atoms with Gasteiger partial charge in [-0.1, -0.05) is 18.2 Å². The molecule has 0 bridgehead atoms. The van der Waals surface area contributed by atoms with Crippen LogP contribution in [-0.2, 0) is 9.53 Å². The maximum Gasteiger partial charge on any atom is 0.361 e. The number of nitro groups is 1. The number of hydrogen-bond donors (Lipinski definition) is 1. The smallest absolute Gasteiger partial charge is 0.361 e. The minimum atomic E-state index is -1.22. The molecule has 1 heterocycles. The first-order chi connectivity index (χ1) is 14.8. The van der Waals surface area contributed by atoms with E-state index in [4.69, 9.17) is 13.9 Å². The molecule has 160 valence electrons. The Kier molecular flexibility index (Phi) is 6.29. The monoisotopic (exact) mass is 425 g/mol. The molecule has 0 unspecified atom stereocenters. The number of carbonyl (C=O) groups is 2. The number of non-ortho nitro benzene ring substituents is 1. The summed E-state index contributed by atoms with van der Waals surface area (Å²) < 4.78 is 15.8. The number of methoxy groups -OCH3 is 1. The lowest BCUT2D eigenvalue weighted by Crippen LogP contribution is -2.30. The predicted molar refractivity (Wildman–Crippen MR) is 110 cm³/mol. The van der Waals surface area contributed by atoms with E-state index in [0.717, 1.165) is 6.07 Å². The van der Waals surface area contributed by atoms with Gasteiger partial charge in [0.05, 0.1) is 17.7 Å². The van der Waals surface area contributed by atoms with Gasteiger partial charge in [0.15, 0.2) is 11.8 Å². The SMILES string of the molecule is COc1ccc([N+](=O)[O-])cc1NC(=O)[C@H](C)OC(=O)c1nc(-c2ccccc2)oc1C. The van der Waals surface area contributed by atoms with Crippen molar-refractivity contribution < 1.29 is 28.4 Å². The highest BCUT2D eigenvalue weighted by Crippen LogP contribution is 2.29. The normalized spacial score (nSPS) is 11.5. The van der Waals surface area contributed by atoms with Crippen molar-refractivity contribution in [3.63, 3.8) is 0 Å². The number of aryl methyl sites for hydroxylation is 1. The second-order valence-corrected chi connectivity index (χ2v) is 6.47. The van der Waals surface area contributed by atoms with Crippen LogP contribution in [-0.4, -0.2) is 35.0 Å². The molecule has 3 aromatic rings. The number of esters is 1. The van der Waals surface area contributed by atoms with E-state index in [-0.39, 0.29) is 34.5 Å². The Morgan fingerprint density at radius 1 is 1.19 bits per heavy atom. The number of ether oxygens (including phenoxy) is 2. The minimum Gasteiger partial charge on any atom is -0.495 e. The van der Waals surface area contributed by atoms with Gasteiger partial charge < -0.3 is 19.2 Å². The first kappa shape index (κ1) is 21.5. The number of oxazole rings is 1. The van der Waals surface area contributed by atoms with E-state index in [2.05, 4.69) is 10.3 Å². The Balaban J connectivity index is 1.72. The summed E-state index contributed by atoms with van der Waals surface area (Å²) in [6.45, 7) is 2.93. The van der Waals surface area contributed by atoms with Gasteiger partial charge in [-0.25, -0.2) is 9.78 Å². The van der Waals surface area contributed by atoms with Crippen LogP contribution < -0.4 is 10.1 Å². The quantitative estimate of drug-likeness (QED) is 0.344. The van der Waals surface area contributed by atoms with Gasteiger partial charge in [-0.05, 0) is 32.0 Å². The molecule has 0 aliphatic heterocycles. The first-order valence-electron chi connectivity index (χ1n) is 9.17. The zero-order chi connectivity index (χ0) is 22.5. The summed E-state index contributed by atoms with van der Waals surface area (Å²) in [6.07, 6.45) is -1.22. The van der Waals surface area contributed by atoms with Gasteiger partial charge in [-0.3, -0.25) is 14.9 Å². The third-order valence-corrected chi connectivity index (χ3v) is 4.32. The summed E-state index contributed by atoms with van der Waals surface area (Å²) >= 11 is 0. The van der Waals surface area contributed by atoms with Crippen molar-refractivity contribution in [2.75, 3.05) is 12.4 Å². The third-order valence-electron chi connectivity index (χ3n) is 4.32. The number of rotatable bonds is 7. The van der Waals surface area contributed by atoms with Crippen molar-refractivity contribution in [1.82, 2.24) is 4.98 Å². The van der Waals surface area contributed by atoms with E-state index < -0.39 is 22.9 Å². The molecule has 1 N–H and O–H groups in total. The topological polar surface area (TPSA) is 134 Å². The Hall–Kier alpha value is -4.21. The van der Waals surface area contributed by atoms with E-state index in [1.54, 1.807) is 19.1 Å². The summed E-state index contributed by atoms with van der Waals surface area (Å²) in [6, 6.07) is 12.8. The Bertz CT molecular complexity index is 1130. The Labute approximate surface area is 177 Å². The second-order valence-electron chi connectivity index (χ2n) is 6.47. The van der Waals surface area contributed by atoms with Gasteiger partial charge in [0.25, 0.3) is 11.6 Å². The molecule has 0 fully saturated rings. The van der Waals surface area contributed by atoms with Gasteiger partial charge in [-0.15, -0.1) is 0 Å². The lowest BCUT2D eigenvalue weighted by Gasteiger charge is -2.14. The molecule has 1 atom stereocenters. The average molecular weight is 425 g/mol. The van der Waals surface area contributed by atoms with Gasteiger partial charge in [-0.2, -0.15) is 0 Å². The molecule has 1 amide bonds. The number of aromatic nitrogens is 1. The molecule has 0 saturated carbocycles. The van der Waals surface area contributed by atoms with Crippen molar-refractivity contribution in [3.05, 3.63) is 70.1 Å². The molecule has 0 radical (unpaired) electrons. The van der Waals surface area contributed by atoms with Gasteiger partial charge in [0.2, 0.25) is 5.89 Å². The number of amides is 1. The molecule has 10 heteroatoms. The molecule has 0 aliphatic rings. The molecule has 2 aromatic carbocycles. The third kappa shape index (κ3) is 4.86. The van der Waals surface area contributed by atoms with Crippen molar-refractivity contribution in [2.24, 2.45) is 0 Å². The van der Waals surface area contributed by atoms with Crippen molar-refractivity contribution in [3.8, 4) is 17.2 Å². The number of nitrogens with zero attached hydrogens (tertiary/aromatic N) is 2. The Morgan fingerprint density at radius 3 is 2.55 bits per heavy atom. The molecule has 0 spiro atoms. The van der Waals surface area contributed by atoms with E-state index >= 15 is 0 Å². The highest BCUT2D eigenvalue weighted by molar-refractivity contribution is 5.98. The van der Waals surface area contributed by atoms with Crippen LogP contribution in [0, 0.1) is 17.0 Å². The average Bonchev–Trinajstić information content (AvgIpc) is 3.16. The maximum absolute atomic E-state index is 12.5. The maximum atomic E-state index is 12.5. The van der Waals surface area contributed by atoms with Gasteiger partial charge in [0.1, 0.15) is 11.5 Å². The zero-order valence-corrected chi connectivity index (χ0v) is 16.9. The summed E-state index contributed by atoms with van der Waals surface area (Å²) in [5, 5.41) is 13.4. The van der Waals surface area contributed by atoms with E-state index in [1.165, 1.54) is 26.2 Å². The number of carbonyl (C=O) groups excluding carboxylic acids is 2. The van der Waals surface area contributed by atoms with Crippen LogP contribution in [0.15, 0.2) is 52.9 Å². The van der Waals surface area contributed by atoms with Crippen molar-refractivity contribution in [2.45, 2.75) is 20.0 Å². The lowest BCUT2D eigenvalue weighted by atomic mass is 10.2. The fourth-order valence-corrected chi connectivity index (χ4v) is 2.70. The fraction of sp³-hybridized carbons (Fsp3) is 0.190. The van der Waals surface area contributed by atoms with Crippen LogP contribution >= 0.6 is 0 Å². The van der Waals surface area contributed by atoms with Gasteiger partial charge >= 0.3 is 5.97 Å². The zero-order valence-electron chi connectivity index (χ0n) is 16.9. The number of benzene rings is 2. The number of nitro benzene ring substituents is 1.